The molecule has 0 aliphatic heterocycles. The molecule has 0 fully saturated rings. The molecule has 7 nitrogen and oxygen atoms in total. The van der Waals surface area contributed by atoms with E-state index in [1.54, 1.807) is 53.9 Å². The Kier molecular flexibility index (Phi) is 7.55. The van der Waals surface area contributed by atoms with Gasteiger partial charge in [0, 0.05) is 5.69 Å². The summed E-state index contributed by atoms with van der Waals surface area (Å²) in [7, 11) is -3.79. The lowest BCUT2D eigenvalue weighted by Gasteiger charge is -2.21. The minimum atomic E-state index is -3.79. The fraction of sp³-hybridized carbons (Fsp3) is 0.250. The molecule has 1 atom stereocenters. The van der Waals surface area contributed by atoms with Crippen molar-refractivity contribution in [2.45, 2.75) is 38.6 Å². The van der Waals surface area contributed by atoms with Crippen LogP contribution in [0.25, 0.3) is 0 Å². The quantitative estimate of drug-likeness (QED) is 0.435. The number of thiophene rings is 1. The third-order valence-corrected chi connectivity index (χ3v) is 7.40. The zero-order valence-corrected chi connectivity index (χ0v) is 20.5. The normalized spacial score (nSPS) is 12.3. The van der Waals surface area contributed by atoms with Gasteiger partial charge in [-0.2, -0.15) is 0 Å². The first-order valence-corrected chi connectivity index (χ1v) is 12.8. The number of sulfonamides is 1. The minimum Gasteiger partial charge on any atom is -0.339 e. The number of rotatable bonds is 8. The maximum Gasteiger partial charge on any atom is 0.262 e. The molecule has 0 saturated carbocycles. The summed E-state index contributed by atoms with van der Waals surface area (Å²) in [4.78, 5) is 26.0. The predicted molar refractivity (Wildman–Crippen MR) is 132 cm³/mol. The number of carbonyl (C=O) groups is 2. The van der Waals surface area contributed by atoms with Crippen molar-refractivity contribution in [3.63, 3.8) is 0 Å². The highest BCUT2D eigenvalue weighted by Crippen LogP contribution is 2.22. The van der Waals surface area contributed by atoms with Gasteiger partial charge in [0.2, 0.25) is 5.91 Å². The first-order valence-electron chi connectivity index (χ1n) is 10.4. The topological polar surface area (TPSA) is 104 Å². The summed E-state index contributed by atoms with van der Waals surface area (Å²) in [5, 5.41) is 7.34. The van der Waals surface area contributed by atoms with Crippen molar-refractivity contribution < 1.29 is 18.0 Å². The van der Waals surface area contributed by atoms with Crippen molar-refractivity contribution in [2.24, 2.45) is 5.92 Å². The molecule has 174 valence electrons. The Labute approximate surface area is 198 Å². The average Bonchev–Trinajstić information content (AvgIpc) is 3.28. The average molecular weight is 486 g/mol. The van der Waals surface area contributed by atoms with Crippen LogP contribution in [0.4, 0.5) is 11.4 Å². The number of carbonyl (C=O) groups excluding carboxylic acids is 2. The van der Waals surface area contributed by atoms with Gasteiger partial charge in [-0.1, -0.05) is 32.0 Å². The molecule has 0 radical (unpaired) electrons. The van der Waals surface area contributed by atoms with E-state index in [2.05, 4.69) is 15.4 Å². The van der Waals surface area contributed by atoms with Crippen molar-refractivity contribution in [1.29, 1.82) is 0 Å². The predicted octanol–water partition coefficient (Wildman–Crippen LogP) is 4.56. The maximum absolute atomic E-state index is 12.9. The van der Waals surface area contributed by atoms with Gasteiger partial charge in [0.1, 0.15) is 6.04 Å². The van der Waals surface area contributed by atoms with Crippen LogP contribution in [0, 0.1) is 19.8 Å². The van der Waals surface area contributed by atoms with Gasteiger partial charge >= 0.3 is 0 Å². The summed E-state index contributed by atoms with van der Waals surface area (Å²) in [6.07, 6.45) is 0. The molecular formula is C24H27N3O4S2. The van der Waals surface area contributed by atoms with Crippen molar-refractivity contribution in [2.75, 3.05) is 10.0 Å². The number of hydrogen-bond donors (Lipinski definition) is 3. The molecule has 1 heterocycles. The number of aryl methyl sites for hydroxylation is 2. The van der Waals surface area contributed by atoms with Crippen molar-refractivity contribution in [3.05, 3.63) is 76.0 Å². The van der Waals surface area contributed by atoms with Crippen LogP contribution in [0.1, 0.15) is 34.6 Å². The third-order valence-electron chi connectivity index (χ3n) is 5.15. The number of hydrogen-bond acceptors (Lipinski definition) is 5. The Morgan fingerprint density at radius 1 is 0.909 bits per heavy atom. The first-order chi connectivity index (χ1) is 15.6. The largest absolute Gasteiger partial charge is 0.339 e. The molecular weight excluding hydrogens is 458 g/mol. The molecule has 9 heteroatoms. The fourth-order valence-corrected chi connectivity index (χ4v) is 4.89. The van der Waals surface area contributed by atoms with Crippen LogP contribution >= 0.6 is 11.3 Å². The molecule has 3 rings (SSSR count). The smallest absolute Gasteiger partial charge is 0.262 e. The zero-order valence-electron chi connectivity index (χ0n) is 18.9. The third kappa shape index (κ3) is 6.21. The van der Waals surface area contributed by atoms with E-state index < -0.39 is 16.1 Å². The summed E-state index contributed by atoms with van der Waals surface area (Å²) >= 11 is 1.30. The second kappa shape index (κ2) is 10.2. The second-order valence-electron chi connectivity index (χ2n) is 8.09. The summed E-state index contributed by atoms with van der Waals surface area (Å²) in [5.41, 5.74) is 2.61. The Balaban J connectivity index is 1.73. The van der Waals surface area contributed by atoms with E-state index in [0.717, 1.165) is 11.1 Å². The van der Waals surface area contributed by atoms with Gasteiger partial charge < -0.3 is 10.6 Å². The van der Waals surface area contributed by atoms with Gasteiger partial charge in [-0.3, -0.25) is 14.3 Å². The van der Waals surface area contributed by atoms with Crippen LogP contribution in [0.5, 0.6) is 0 Å². The molecule has 0 bridgehead atoms. The molecule has 3 aromatic rings. The van der Waals surface area contributed by atoms with Crippen molar-refractivity contribution in [3.8, 4) is 0 Å². The minimum absolute atomic E-state index is 0.152. The van der Waals surface area contributed by atoms with E-state index in [0.29, 0.717) is 16.3 Å². The molecule has 0 spiro atoms. The van der Waals surface area contributed by atoms with E-state index in [9.17, 15) is 18.0 Å². The van der Waals surface area contributed by atoms with Crippen molar-refractivity contribution >= 4 is 44.5 Å². The standard InChI is InChI=1S/C24H27N3O4S2/c1-15(2)22(26-23(28)21-9-6-12-32-21)24(29)25-18-7-5-8-19(14-18)27-33(30,31)20-11-10-16(3)17(4)13-20/h5-15,22,27H,1-4H3,(H,25,29)(H,26,28)/t22-/m1/s1. The number of benzene rings is 2. The molecule has 0 aliphatic carbocycles. The maximum atomic E-state index is 12.9. The van der Waals surface area contributed by atoms with Gasteiger partial charge in [0.15, 0.2) is 0 Å². The highest BCUT2D eigenvalue weighted by atomic mass is 32.2. The van der Waals surface area contributed by atoms with E-state index >= 15 is 0 Å². The van der Waals surface area contributed by atoms with E-state index in [1.165, 1.54) is 17.4 Å². The van der Waals surface area contributed by atoms with Gasteiger partial charge in [-0.05, 0) is 72.7 Å². The van der Waals surface area contributed by atoms with Gasteiger partial charge in [-0.25, -0.2) is 8.42 Å². The van der Waals surface area contributed by atoms with Crippen LogP contribution in [0.15, 0.2) is 64.9 Å². The SMILES string of the molecule is Cc1ccc(S(=O)(=O)Nc2cccc(NC(=O)[C@H](NC(=O)c3cccs3)C(C)C)c2)cc1C. The molecule has 0 saturated heterocycles. The lowest BCUT2D eigenvalue weighted by molar-refractivity contribution is -0.118. The van der Waals surface area contributed by atoms with Gasteiger partial charge in [-0.15, -0.1) is 11.3 Å². The Morgan fingerprint density at radius 2 is 1.64 bits per heavy atom. The molecule has 3 N–H and O–H groups in total. The second-order valence-corrected chi connectivity index (χ2v) is 10.7. The number of nitrogens with one attached hydrogen (secondary N) is 3. The molecule has 2 aromatic carbocycles. The van der Waals surface area contributed by atoms with E-state index in [-0.39, 0.29) is 22.6 Å². The van der Waals surface area contributed by atoms with Crippen molar-refractivity contribution in [1.82, 2.24) is 5.32 Å². The Hall–Kier alpha value is -3.17. The Bertz CT molecular complexity index is 1250. The van der Waals surface area contributed by atoms with E-state index in [4.69, 9.17) is 0 Å². The summed E-state index contributed by atoms with van der Waals surface area (Å²) in [6.45, 7) is 7.45. The summed E-state index contributed by atoms with van der Waals surface area (Å²) in [6, 6.07) is 14.1. The fourth-order valence-electron chi connectivity index (χ4n) is 3.13. The van der Waals surface area contributed by atoms with Crippen LogP contribution < -0.4 is 15.4 Å². The molecule has 1 aromatic heterocycles. The van der Waals surface area contributed by atoms with Gasteiger partial charge in [0.05, 0.1) is 15.5 Å². The number of anilines is 2. The first kappa shape index (κ1) is 24.5. The zero-order chi connectivity index (χ0) is 24.2. The van der Waals surface area contributed by atoms with Gasteiger partial charge in [0.25, 0.3) is 15.9 Å². The van der Waals surface area contributed by atoms with Crippen LogP contribution in [-0.2, 0) is 14.8 Å². The van der Waals surface area contributed by atoms with Crippen LogP contribution in [0.3, 0.4) is 0 Å². The van der Waals surface area contributed by atoms with E-state index in [1.807, 2.05) is 27.7 Å². The molecule has 0 unspecified atom stereocenters. The molecule has 33 heavy (non-hydrogen) atoms. The van der Waals surface area contributed by atoms with Crippen LogP contribution in [0.2, 0.25) is 0 Å². The Morgan fingerprint density at radius 3 is 2.27 bits per heavy atom. The summed E-state index contributed by atoms with van der Waals surface area (Å²) < 4.78 is 28.1. The lowest BCUT2D eigenvalue weighted by Crippen LogP contribution is -2.46. The lowest BCUT2D eigenvalue weighted by atomic mass is 10.0. The molecule has 2 amide bonds. The number of amides is 2. The highest BCUT2D eigenvalue weighted by Gasteiger charge is 2.25. The van der Waals surface area contributed by atoms with Crippen LogP contribution in [-0.4, -0.2) is 26.3 Å². The summed E-state index contributed by atoms with van der Waals surface area (Å²) in [5.74, 6) is -0.849. The highest BCUT2D eigenvalue weighted by molar-refractivity contribution is 7.92. The molecule has 0 aliphatic rings. The monoisotopic (exact) mass is 485 g/mol.